The fourth-order valence-electron chi connectivity index (χ4n) is 3.69. The summed E-state index contributed by atoms with van der Waals surface area (Å²) in [4.78, 5) is 12.7. The summed E-state index contributed by atoms with van der Waals surface area (Å²) in [7, 11) is 0. The van der Waals surface area contributed by atoms with Gasteiger partial charge in [0.1, 0.15) is 11.7 Å². The van der Waals surface area contributed by atoms with Crippen molar-refractivity contribution in [2.45, 2.75) is 25.2 Å². The summed E-state index contributed by atoms with van der Waals surface area (Å²) in [6.07, 6.45) is 6.84. The quantitative estimate of drug-likeness (QED) is 0.643. The van der Waals surface area contributed by atoms with E-state index in [4.69, 9.17) is 14.9 Å². The molecule has 5 nitrogen and oxygen atoms in total. The second-order valence-corrected chi connectivity index (χ2v) is 6.14. The molecule has 1 aliphatic carbocycles. The number of nitriles is 1. The Hall–Kier alpha value is -3.00. The molecule has 2 atom stereocenters. The van der Waals surface area contributed by atoms with Gasteiger partial charge in [-0.2, -0.15) is 5.26 Å². The molecular weight excluding hydrogens is 304 g/mol. The average Bonchev–Trinajstić information content (AvgIpc) is 2.61. The summed E-state index contributed by atoms with van der Waals surface area (Å²) in [6.45, 7) is 0. The van der Waals surface area contributed by atoms with E-state index < -0.39 is 5.63 Å². The Bertz CT molecular complexity index is 978. The molecule has 2 heterocycles. The maximum absolute atomic E-state index is 12.7. The van der Waals surface area contributed by atoms with Crippen molar-refractivity contribution in [3.63, 3.8) is 0 Å². The van der Waals surface area contributed by atoms with Gasteiger partial charge in [-0.1, -0.05) is 24.3 Å². The highest BCUT2D eigenvalue weighted by atomic mass is 16.5. The average molecular weight is 320 g/mol. The van der Waals surface area contributed by atoms with E-state index >= 15 is 0 Å². The molecule has 24 heavy (non-hydrogen) atoms. The number of rotatable bonds is 1. The molecule has 1 aromatic carbocycles. The standard InChI is InChI=1S/C19H16N2O3/c20-10-13-15(11-6-2-1-3-7-11)16-17(24-18(13)21)12-8-4-5-9-14(12)23-19(16)22/h1-2,4-5,8-9,11,15H,3,6-7,21H2/t11-,15+/m1/s1. The van der Waals surface area contributed by atoms with Crippen LogP contribution >= 0.6 is 0 Å². The van der Waals surface area contributed by atoms with Crippen molar-refractivity contribution in [2.75, 3.05) is 0 Å². The van der Waals surface area contributed by atoms with Gasteiger partial charge in [-0.25, -0.2) is 4.79 Å². The van der Waals surface area contributed by atoms with E-state index in [0.717, 1.165) is 19.3 Å². The molecule has 0 saturated carbocycles. The third kappa shape index (κ3) is 2.11. The van der Waals surface area contributed by atoms with E-state index in [1.165, 1.54) is 0 Å². The van der Waals surface area contributed by atoms with Crippen molar-refractivity contribution in [3.05, 3.63) is 63.9 Å². The van der Waals surface area contributed by atoms with Crippen molar-refractivity contribution in [1.29, 1.82) is 5.26 Å². The van der Waals surface area contributed by atoms with Crippen LogP contribution in [0.3, 0.4) is 0 Å². The molecule has 2 N–H and O–H groups in total. The zero-order valence-corrected chi connectivity index (χ0v) is 13.0. The van der Waals surface area contributed by atoms with Gasteiger partial charge in [0.15, 0.2) is 5.75 Å². The molecule has 1 aromatic heterocycles. The number of hydrogen-bond acceptors (Lipinski definition) is 5. The SMILES string of the molecule is N#CC1=C(N)Oc2c(c(=O)oc3ccccc23)[C@H]1[C@@H]1CC=CCC1. The van der Waals surface area contributed by atoms with E-state index in [-0.39, 0.29) is 17.7 Å². The number of nitrogens with zero attached hydrogens (tertiary/aromatic N) is 1. The molecule has 2 aromatic rings. The lowest BCUT2D eigenvalue weighted by Crippen LogP contribution is -2.30. The maximum atomic E-state index is 12.7. The number of allylic oxidation sites excluding steroid dienone is 3. The summed E-state index contributed by atoms with van der Waals surface area (Å²) in [5.41, 5.74) is 6.77. The normalized spacial score (nSPS) is 22.8. The monoisotopic (exact) mass is 320 g/mol. The number of hydrogen-bond donors (Lipinski definition) is 1. The highest BCUT2D eigenvalue weighted by Gasteiger charge is 2.38. The van der Waals surface area contributed by atoms with Crippen LogP contribution in [0.25, 0.3) is 11.0 Å². The van der Waals surface area contributed by atoms with Crippen LogP contribution < -0.4 is 16.1 Å². The first-order chi connectivity index (χ1) is 11.7. The van der Waals surface area contributed by atoms with Gasteiger partial charge in [-0.15, -0.1) is 0 Å². The Labute approximate surface area is 138 Å². The lowest BCUT2D eigenvalue weighted by atomic mass is 9.74. The summed E-state index contributed by atoms with van der Waals surface area (Å²) < 4.78 is 11.2. The number of nitrogens with two attached hydrogens (primary N) is 1. The summed E-state index contributed by atoms with van der Waals surface area (Å²) in [5, 5.41) is 10.3. The third-order valence-electron chi connectivity index (χ3n) is 4.80. The molecule has 0 bridgehead atoms. The molecule has 5 heteroatoms. The Morgan fingerprint density at radius 2 is 2.08 bits per heavy atom. The molecule has 120 valence electrons. The molecule has 0 saturated heterocycles. The number of ether oxygens (including phenoxy) is 1. The van der Waals surface area contributed by atoms with Crippen LogP contribution in [-0.2, 0) is 0 Å². The Morgan fingerprint density at radius 1 is 1.25 bits per heavy atom. The zero-order chi connectivity index (χ0) is 16.7. The minimum atomic E-state index is -0.455. The lowest BCUT2D eigenvalue weighted by molar-refractivity contribution is 0.339. The molecule has 0 fully saturated rings. The van der Waals surface area contributed by atoms with E-state index in [1.807, 2.05) is 12.1 Å². The fourth-order valence-corrected chi connectivity index (χ4v) is 3.69. The highest BCUT2D eigenvalue weighted by molar-refractivity contribution is 5.85. The molecule has 1 aliphatic heterocycles. The fraction of sp³-hybridized carbons (Fsp3) is 0.263. The second-order valence-electron chi connectivity index (χ2n) is 6.14. The second kappa shape index (κ2) is 5.57. The van der Waals surface area contributed by atoms with Crippen LogP contribution in [0.2, 0.25) is 0 Å². The molecule has 0 spiro atoms. The molecule has 0 radical (unpaired) electrons. The molecule has 4 rings (SSSR count). The van der Waals surface area contributed by atoms with Gasteiger partial charge >= 0.3 is 5.63 Å². The van der Waals surface area contributed by atoms with Gasteiger partial charge in [0, 0.05) is 5.92 Å². The first-order valence-electron chi connectivity index (χ1n) is 7.99. The van der Waals surface area contributed by atoms with Crippen molar-refractivity contribution in [3.8, 4) is 11.8 Å². The van der Waals surface area contributed by atoms with Crippen LogP contribution in [0.4, 0.5) is 0 Å². The highest BCUT2D eigenvalue weighted by Crippen LogP contribution is 2.46. The van der Waals surface area contributed by atoms with Gasteiger partial charge < -0.3 is 14.9 Å². The van der Waals surface area contributed by atoms with Crippen LogP contribution in [0.5, 0.6) is 5.75 Å². The summed E-state index contributed by atoms with van der Waals surface area (Å²) >= 11 is 0. The van der Waals surface area contributed by atoms with Crippen molar-refractivity contribution >= 4 is 11.0 Å². The lowest BCUT2D eigenvalue weighted by Gasteiger charge is -2.32. The number of fused-ring (bicyclic) bond motifs is 3. The van der Waals surface area contributed by atoms with Gasteiger partial charge in [-0.05, 0) is 37.3 Å². The van der Waals surface area contributed by atoms with E-state index in [0.29, 0.717) is 27.9 Å². The predicted octanol–water partition coefficient (Wildman–Crippen LogP) is 3.32. The maximum Gasteiger partial charge on any atom is 0.343 e. The first kappa shape index (κ1) is 14.6. The third-order valence-corrected chi connectivity index (χ3v) is 4.80. The topological polar surface area (TPSA) is 89.3 Å². The minimum Gasteiger partial charge on any atom is -0.439 e. The van der Waals surface area contributed by atoms with Gasteiger partial charge in [0.25, 0.3) is 0 Å². The molecule has 0 amide bonds. The van der Waals surface area contributed by atoms with Crippen molar-refractivity contribution in [2.24, 2.45) is 11.7 Å². The largest absolute Gasteiger partial charge is 0.439 e. The smallest absolute Gasteiger partial charge is 0.343 e. The Kier molecular flexibility index (Phi) is 3.39. The number of para-hydroxylation sites is 1. The molecule has 0 unspecified atom stereocenters. The van der Waals surface area contributed by atoms with Crippen LogP contribution in [0.15, 0.2) is 57.1 Å². The number of benzene rings is 1. The Balaban J connectivity index is 2.00. The Morgan fingerprint density at radius 3 is 2.83 bits per heavy atom. The van der Waals surface area contributed by atoms with Crippen molar-refractivity contribution in [1.82, 2.24) is 0 Å². The molecule has 2 aliphatic rings. The van der Waals surface area contributed by atoms with Gasteiger partial charge in [-0.3, -0.25) is 0 Å². The van der Waals surface area contributed by atoms with Gasteiger partial charge in [0.05, 0.1) is 16.5 Å². The summed E-state index contributed by atoms with van der Waals surface area (Å²) in [6, 6.07) is 9.34. The molecular formula is C19H16N2O3. The van der Waals surface area contributed by atoms with Crippen LogP contribution in [0.1, 0.15) is 30.7 Å². The first-order valence-corrected chi connectivity index (χ1v) is 7.99. The predicted molar refractivity (Wildman–Crippen MR) is 89.2 cm³/mol. The summed E-state index contributed by atoms with van der Waals surface area (Å²) in [5.74, 6) is 0.262. The van der Waals surface area contributed by atoms with E-state index in [1.54, 1.807) is 12.1 Å². The van der Waals surface area contributed by atoms with E-state index in [2.05, 4.69) is 18.2 Å². The minimum absolute atomic E-state index is 0.0836. The van der Waals surface area contributed by atoms with Crippen LogP contribution in [-0.4, -0.2) is 0 Å². The van der Waals surface area contributed by atoms with E-state index in [9.17, 15) is 10.1 Å². The van der Waals surface area contributed by atoms with Gasteiger partial charge in [0.2, 0.25) is 5.88 Å². The zero-order valence-electron chi connectivity index (χ0n) is 13.0. The van der Waals surface area contributed by atoms with Crippen LogP contribution in [0, 0.1) is 17.2 Å². The van der Waals surface area contributed by atoms with Crippen molar-refractivity contribution < 1.29 is 9.15 Å².